The molecule has 0 bridgehead atoms. The van der Waals surface area contributed by atoms with Gasteiger partial charge in [0.15, 0.2) is 0 Å². The van der Waals surface area contributed by atoms with Gasteiger partial charge in [0.2, 0.25) is 0 Å². The largest absolute Gasteiger partial charge is 0.255 e. The lowest BCUT2D eigenvalue weighted by molar-refractivity contribution is 1.41. The predicted molar refractivity (Wildman–Crippen MR) is 68.3 cm³/mol. The molecular formula is C13H13NS. The average Bonchev–Trinajstić information content (AvgIpc) is 2.64. The summed E-state index contributed by atoms with van der Waals surface area (Å²) in [4.78, 5) is 4.43. The molecule has 0 aliphatic heterocycles. The lowest BCUT2D eigenvalue weighted by atomic mass is 10.3. The normalized spacial score (nSPS) is 14.5. The highest BCUT2D eigenvalue weighted by molar-refractivity contribution is 7.17. The van der Waals surface area contributed by atoms with Crippen molar-refractivity contribution < 1.29 is 0 Å². The molecule has 0 unspecified atom stereocenters. The van der Waals surface area contributed by atoms with Gasteiger partial charge in [-0.05, 0) is 26.0 Å². The number of nitrogens with zero attached hydrogens (tertiary/aromatic N) is 1. The van der Waals surface area contributed by atoms with Crippen LogP contribution in [-0.2, 0) is 0 Å². The van der Waals surface area contributed by atoms with Crippen LogP contribution in [0.25, 0.3) is 22.4 Å². The van der Waals surface area contributed by atoms with Crippen LogP contribution in [0.5, 0.6) is 0 Å². The number of thiophene rings is 1. The van der Waals surface area contributed by atoms with E-state index < -0.39 is 0 Å². The summed E-state index contributed by atoms with van der Waals surface area (Å²) in [6.07, 6.45) is 10.2. The molecule has 0 aliphatic carbocycles. The van der Waals surface area contributed by atoms with Gasteiger partial charge in [-0.25, -0.2) is 0 Å². The molecule has 0 fully saturated rings. The summed E-state index contributed by atoms with van der Waals surface area (Å²) in [7, 11) is 0. The van der Waals surface area contributed by atoms with Crippen molar-refractivity contribution in [3.05, 3.63) is 40.2 Å². The molecule has 0 saturated carbocycles. The fraction of sp³-hybridized carbons (Fsp3) is 0.154. The summed E-state index contributed by atoms with van der Waals surface area (Å²) in [5.74, 6) is 0. The number of hydrogen-bond acceptors (Lipinski definition) is 2. The molecule has 0 aliphatic rings. The first kappa shape index (κ1) is 10.1. The van der Waals surface area contributed by atoms with Crippen LogP contribution in [0.15, 0.2) is 30.5 Å². The topological polar surface area (TPSA) is 12.9 Å². The van der Waals surface area contributed by atoms with Crippen LogP contribution in [-0.4, -0.2) is 4.98 Å². The minimum atomic E-state index is 1.11. The van der Waals surface area contributed by atoms with Crippen molar-refractivity contribution in [2.75, 3.05) is 0 Å². The molecule has 0 atom stereocenters. The SMILES string of the molecule is C\C=C/C=c1\c(=C/C)sc2cccnc12. The van der Waals surface area contributed by atoms with E-state index in [4.69, 9.17) is 0 Å². The van der Waals surface area contributed by atoms with Gasteiger partial charge in [-0.15, -0.1) is 11.3 Å². The minimum absolute atomic E-state index is 1.11. The fourth-order valence-electron chi connectivity index (χ4n) is 1.53. The third-order valence-electron chi connectivity index (χ3n) is 2.23. The maximum atomic E-state index is 4.43. The van der Waals surface area contributed by atoms with Crippen LogP contribution in [0.4, 0.5) is 0 Å². The molecule has 0 aromatic carbocycles. The molecule has 1 nitrogen and oxygen atoms in total. The van der Waals surface area contributed by atoms with E-state index in [0.717, 1.165) is 5.52 Å². The maximum Gasteiger partial charge on any atom is 0.0888 e. The second-order valence-electron chi connectivity index (χ2n) is 3.21. The first-order valence-electron chi connectivity index (χ1n) is 4.99. The number of rotatable bonds is 1. The summed E-state index contributed by atoms with van der Waals surface area (Å²) >= 11 is 1.79. The molecule has 0 spiro atoms. The van der Waals surface area contributed by atoms with E-state index in [0.29, 0.717) is 0 Å². The van der Waals surface area contributed by atoms with E-state index in [1.54, 1.807) is 11.3 Å². The smallest absolute Gasteiger partial charge is 0.0888 e. The van der Waals surface area contributed by atoms with Gasteiger partial charge in [0.1, 0.15) is 0 Å². The first-order chi connectivity index (χ1) is 7.36. The molecular weight excluding hydrogens is 202 g/mol. The van der Waals surface area contributed by atoms with E-state index in [2.05, 4.69) is 36.2 Å². The van der Waals surface area contributed by atoms with E-state index in [-0.39, 0.29) is 0 Å². The van der Waals surface area contributed by atoms with Gasteiger partial charge in [-0.3, -0.25) is 4.98 Å². The molecule has 76 valence electrons. The standard InChI is InChI=1S/C13H13NS/c1-3-5-7-10-11(4-2)15-12-8-6-9-14-13(10)12/h3-9H,1-2H3/b5-3-,10-7+,11-4+. The van der Waals surface area contributed by atoms with Crippen LogP contribution < -0.4 is 9.75 Å². The highest BCUT2D eigenvalue weighted by Crippen LogP contribution is 2.09. The number of hydrogen-bond donors (Lipinski definition) is 0. The number of allylic oxidation sites excluding steroid dienone is 2. The zero-order valence-electron chi connectivity index (χ0n) is 8.90. The summed E-state index contributed by atoms with van der Waals surface area (Å²) in [5.41, 5.74) is 1.11. The zero-order chi connectivity index (χ0) is 10.7. The van der Waals surface area contributed by atoms with E-state index in [1.165, 1.54) is 14.5 Å². The molecule has 15 heavy (non-hydrogen) atoms. The van der Waals surface area contributed by atoms with Gasteiger partial charge in [0, 0.05) is 15.9 Å². The summed E-state index contributed by atoms with van der Waals surface area (Å²) in [6.45, 7) is 4.09. The van der Waals surface area contributed by atoms with Crippen molar-refractivity contribution in [2.45, 2.75) is 13.8 Å². The van der Waals surface area contributed by atoms with Gasteiger partial charge in [0.25, 0.3) is 0 Å². The second-order valence-corrected chi connectivity index (χ2v) is 4.30. The van der Waals surface area contributed by atoms with Gasteiger partial charge < -0.3 is 0 Å². The first-order valence-corrected chi connectivity index (χ1v) is 5.81. The Bertz CT molecular complexity index is 605. The molecule has 2 heteroatoms. The molecule has 2 rings (SSSR count). The van der Waals surface area contributed by atoms with Crippen molar-refractivity contribution in [1.29, 1.82) is 0 Å². The molecule has 0 amide bonds. The Balaban J connectivity index is 2.91. The van der Waals surface area contributed by atoms with E-state index in [9.17, 15) is 0 Å². The maximum absolute atomic E-state index is 4.43. The third kappa shape index (κ3) is 1.85. The van der Waals surface area contributed by atoms with Gasteiger partial charge >= 0.3 is 0 Å². The van der Waals surface area contributed by atoms with Gasteiger partial charge in [-0.1, -0.05) is 24.3 Å². The van der Waals surface area contributed by atoms with E-state index in [1.807, 2.05) is 25.3 Å². The molecule has 2 heterocycles. The van der Waals surface area contributed by atoms with Crippen molar-refractivity contribution in [1.82, 2.24) is 4.98 Å². The van der Waals surface area contributed by atoms with Gasteiger partial charge in [0.05, 0.1) is 10.2 Å². The highest BCUT2D eigenvalue weighted by atomic mass is 32.1. The molecule has 2 aromatic rings. The van der Waals surface area contributed by atoms with Crippen LogP contribution >= 0.6 is 11.3 Å². The Morgan fingerprint density at radius 2 is 2.20 bits per heavy atom. The Labute approximate surface area is 93.1 Å². The lowest BCUT2D eigenvalue weighted by Crippen LogP contribution is -2.18. The molecule has 0 N–H and O–H groups in total. The Kier molecular flexibility index (Phi) is 2.97. The van der Waals surface area contributed by atoms with Crippen molar-refractivity contribution in [2.24, 2.45) is 0 Å². The monoisotopic (exact) mass is 215 g/mol. The summed E-state index contributed by atoms with van der Waals surface area (Å²) < 4.78 is 2.54. The van der Waals surface area contributed by atoms with Crippen molar-refractivity contribution in [3.8, 4) is 0 Å². The number of aromatic nitrogens is 1. The van der Waals surface area contributed by atoms with E-state index >= 15 is 0 Å². The molecule has 0 saturated heterocycles. The van der Waals surface area contributed by atoms with Crippen LogP contribution in [0.2, 0.25) is 0 Å². The Morgan fingerprint density at radius 3 is 2.93 bits per heavy atom. The highest BCUT2D eigenvalue weighted by Gasteiger charge is 1.99. The summed E-state index contributed by atoms with van der Waals surface area (Å²) in [6, 6.07) is 4.10. The Hall–Kier alpha value is -1.41. The molecule has 0 radical (unpaired) electrons. The predicted octanol–water partition coefficient (Wildman–Crippen LogP) is 2.45. The number of pyridine rings is 1. The van der Waals surface area contributed by atoms with Crippen LogP contribution in [0.1, 0.15) is 13.8 Å². The van der Waals surface area contributed by atoms with Crippen LogP contribution in [0.3, 0.4) is 0 Å². The second kappa shape index (κ2) is 4.41. The summed E-state index contributed by atoms with van der Waals surface area (Å²) in [5, 5.41) is 1.23. The quantitative estimate of drug-likeness (QED) is 0.712. The van der Waals surface area contributed by atoms with Crippen LogP contribution in [0, 0.1) is 0 Å². The lowest BCUT2D eigenvalue weighted by Gasteiger charge is -1.84. The van der Waals surface area contributed by atoms with Crippen molar-refractivity contribution in [3.63, 3.8) is 0 Å². The third-order valence-corrected chi connectivity index (χ3v) is 3.45. The Morgan fingerprint density at radius 1 is 1.33 bits per heavy atom. The fourth-order valence-corrected chi connectivity index (χ4v) is 2.57. The zero-order valence-corrected chi connectivity index (χ0v) is 9.71. The number of fused-ring (bicyclic) bond motifs is 1. The average molecular weight is 215 g/mol. The van der Waals surface area contributed by atoms with Gasteiger partial charge in [-0.2, -0.15) is 0 Å². The van der Waals surface area contributed by atoms with Crippen molar-refractivity contribution >= 4 is 33.7 Å². The minimum Gasteiger partial charge on any atom is -0.255 e. The molecule has 2 aromatic heterocycles.